The van der Waals surface area contributed by atoms with Gasteiger partial charge in [-0.25, -0.2) is 0 Å². The molecule has 0 fully saturated rings. The normalized spacial score (nSPS) is 9.54. The molecule has 2 rings (SSSR count). The van der Waals surface area contributed by atoms with Crippen molar-refractivity contribution in [2.75, 3.05) is 0 Å². The van der Waals surface area contributed by atoms with E-state index in [0.29, 0.717) is 0 Å². The van der Waals surface area contributed by atoms with Crippen LogP contribution in [0.1, 0.15) is 18.7 Å². The minimum Gasteiger partial charge on any atom is -0.139 e. The second-order valence-electron chi connectivity index (χ2n) is 2.52. The molecular formula is C11H13BrS. The van der Waals surface area contributed by atoms with Crippen LogP contribution in [0.3, 0.4) is 0 Å². The Morgan fingerprint density at radius 1 is 1.23 bits per heavy atom. The third-order valence-electron chi connectivity index (χ3n) is 1.62. The summed E-state index contributed by atoms with van der Waals surface area (Å²) in [5.74, 6) is 0. The Morgan fingerprint density at radius 2 is 1.92 bits per heavy atom. The van der Waals surface area contributed by atoms with Gasteiger partial charge in [0.15, 0.2) is 0 Å². The van der Waals surface area contributed by atoms with Gasteiger partial charge in [0.2, 0.25) is 0 Å². The topological polar surface area (TPSA) is 0 Å². The highest BCUT2D eigenvalue weighted by Gasteiger charge is 1.99. The monoisotopic (exact) mass is 256 g/mol. The van der Waals surface area contributed by atoms with E-state index >= 15 is 0 Å². The molecular weight excluding hydrogens is 244 g/mol. The summed E-state index contributed by atoms with van der Waals surface area (Å²) in [5, 5.41) is 1.34. The number of benzene rings is 1. The standard InChI is InChI=1S/C9H7BrS.C2H6/c1-6-5-7-3-2-4-8(10)9(7)11-6;1-2/h2-5H,1H3;1-2H3. The molecule has 0 nitrogen and oxygen atoms in total. The van der Waals surface area contributed by atoms with Crippen LogP contribution >= 0.6 is 27.3 Å². The first kappa shape index (κ1) is 10.7. The van der Waals surface area contributed by atoms with Crippen molar-refractivity contribution in [2.45, 2.75) is 20.8 Å². The zero-order valence-electron chi connectivity index (χ0n) is 8.10. The van der Waals surface area contributed by atoms with E-state index in [4.69, 9.17) is 0 Å². The lowest BCUT2D eigenvalue weighted by molar-refractivity contribution is 1.50. The number of aryl methyl sites for hydroxylation is 1. The van der Waals surface area contributed by atoms with E-state index < -0.39 is 0 Å². The summed E-state index contributed by atoms with van der Waals surface area (Å²) in [6, 6.07) is 8.51. The van der Waals surface area contributed by atoms with Crippen LogP contribution in [0.15, 0.2) is 28.7 Å². The van der Waals surface area contributed by atoms with Gasteiger partial charge in [0, 0.05) is 14.0 Å². The first-order chi connectivity index (χ1) is 6.27. The molecule has 0 atom stereocenters. The Bertz CT molecular complexity index is 390. The van der Waals surface area contributed by atoms with Crippen molar-refractivity contribution in [3.63, 3.8) is 0 Å². The summed E-state index contributed by atoms with van der Waals surface area (Å²) < 4.78 is 2.55. The Morgan fingerprint density at radius 3 is 2.54 bits per heavy atom. The SMILES string of the molecule is CC.Cc1cc2cccc(Br)c2s1. The van der Waals surface area contributed by atoms with E-state index in [1.165, 1.54) is 19.4 Å². The second-order valence-corrected chi connectivity index (χ2v) is 4.63. The van der Waals surface area contributed by atoms with Crippen molar-refractivity contribution in [1.29, 1.82) is 0 Å². The maximum absolute atomic E-state index is 3.52. The number of hydrogen-bond donors (Lipinski definition) is 0. The number of fused-ring (bicyclic) bond motifs is 1. The summed E-state index contributed by atoms with van der Waals surface area (Å²) in [6.07, 6.45) is 0. The van der Waals surface area contributed by atoms with Gasteiger partial charge in [-0.1, -0.05) is 26.0 Å². The van der Waals surface area contributed by atoms with Crippen LogP contribution in [0.2, 0.25) is 0 Å². The molecule has 0 bridgehead atoms. The van der Waals surface area contributed by atoms with Crippen molar-refractivity contribution < 1.29 is 0 Å². The molecule has 0 N–H and O–H groups in total. The molecule has 2 aromatic rings. The summed E-state index contributed by atoms with van der Waals surface area (Å²) in [5.41, 5.74) is 0. The Hall–Kier alpha value is -0.340. The highest BCUT2D eigenvalue weighted by atomic mass is 79.9. The van der Waals surface area contributed by atoms with Gasteiger partial charge in [-0.15, -0.1) is 11.3 Å². The molecule has 70 valence electrons. The molecule has 1 aromatic heterocycles. The summed E-state index contributed by atoms with van der Waals surface area (Å²) in [4.78, 5) is 1.37. The van der Waals surface area contributed by atoms with Crippen LogP contribution in [0.25, 0.3) is 10.1 Å². The van der Waals surface area contributed by atoms with Gasteiger partial charge in [-0.3, -0.25) is 0 Å². The van der Waals surface area contributed by atoms with Gasteiger partial charge >= 0.3 is 0 Å². The van der Waals surface area contributed by atoms with Gasteiger partial charge in [0.25, 0.3) is 0 Å². The molecule has 13 heavy (non-hydrogen) atoms. The highest BCUT2D eigenvalue weighted by molar-refractivity contribution is 9.10. The van der Waals surface area contributed by atoms with Crippen LogP contribution in [-0.4, -0.2) is 0 Å². The lowest BCUT2D eigenvalue weighted by atomic mass is 10.2. The van der Waals surface area contributed by atoms with Crippen LogP contribution < -0.4 is 0 Å². The molecule has 0 aliphatic heterocycles. The van der Waals surface area contributed by atoms with Gasteiger partial charge in [-0.2, -0.15) is 0 Å². The number of halogens is 1. The third-order valence-corrected chi connectivity index (χ3v) is 3.64. The van der Waals surface area contributed by atoms with E-state index in [1.807, 2.05) is 25.2 Å². The molecule has 1 aromatic carbocycles. The van der Waals surface area contributed by atoms with Crippen molar-refractivity contribution in [1.82, 2.24) is 0 Å². The predicted octanol–water partition coefficient (Wildman–Crippen LogP) is 5.00. The fourth-order valence-corrected chi connectivity index (χ4v) is 2.70. The first-order valence-corrected chi connectivity index (χ1v) is 6.03. The van der Waals surface area contributed by atoms with Crippen molar-refractivity contribution in [3.8, 4) is 0 Å². The first-order valence-electron chi connectivity index (χ1n) is 4.42. The summed E-state index contributed by atoms with van der Waals surface area (Å²) in [6.45, 7) is 6.14. The van der Waals surface area contributed by atoms with Gasteiger partial charge in [0.1, 0.15) is 0 Å². The molecule has 0 aliphatic carbocycles. The minimum atomic E-state index is 1.20. The Balaban J connectivity index is 0.000000396. The average molecular weight is 257 g/mol. The highest BCUT2D eigenvalue weighted by Crippen LogP contribution is 2.31. The van der Waals surface area contributed by atoms with E-state index in [-0.39, 0.29) is 0 Å². The number of thiophene rings is 1. The molecule has 0 unspecified atom stereocenters. The summed E-state index contributed by atoms with van der Waals surface area (Å²) in [7, 11) is 0. The van der Waals surface area contributed by atoms with Crippen LogP contribution in [0.4, 0.5) is 0 Å². The molecule has 1 heterocycles. The van der Waals surface area contributed by atoms with Gasteiger partial charge in [0.05, 0.1) is 0 Å². The molecule has 0 aliphatic rings. The lowest BCUT2D eigenvalue weighted by Gasteiger charge is -1.89. The molecule has 2 heteroatoms. The smallest absolute Gasteiger partial charge is 0.0487 e. The van der Waals surface area contributed by atoms with E-state index in [1.54, 1.807) is 0 Å². The van der Waals surface area contributed by atoms with Crippen LogP contribution in [0, 0.1) is 6.92 Å². The second kappa shape index (κ2) is 4.77. The summed E-state index contributed by atoms with van der Waals surface area (Å²) >= 11 is 5.35. The number of rotatable bonds is 0. The maximum Gasteiger partial charge on any atom is 0.0487 e. The van der Waals surface area contributed by atoms with Gasteiger partial charge < -0.3 is 0 Å². The molecule has 0 saturated carbocycles. The lowest BCUT2D eigenvalue weighted by Crippen LogP contribution is -1.62. The van der Waals surface area contributed by atoms with E-state index in [9.17, 15) is 0 Å². The Kier molecular flexibility index (Phi) is 3.94. The number of hydrogen-bond acceptors (Lipinski definition) is 1. The van der Waals surface area contributed by atoms with Crippen molar-refractivity contribution >= 4 is 37.4 Å². The fraction of sp³-hybridized carbons (Fsp3) is 0.273. The van der Waals surface area contributed by atoms with Crippen LogP contribution in [-0.2, 0) is 0 Å². The van der Waals surface area contributed by atoms with E-state index in [0.717, 1.165) is 0 Å². The molecule has 0 amide bonds. The molecule has 0 spiro atoms. The quantitative estimate of drug-likeness (QED) is 0.623. The maximum atomic E-state index is 3.52. The zero-order valence-corrected chi connectivity index (χ0v) is 10.5. The minimum absolute atomic E-state index is 1.20. The predicted molar refractivity (Wildman–Crippen MR) is 65.6 cm³/mol. The average Bonchev–Trinajstić information content (AvgIpc) is 2.51. The van der Waals surface area contributed by atoms with Gasteiger partial charge in [-0.05, 0) is 40.4 Å². The zero-order chi connectivity index (χ0) is 9.84. The Labute approximate surface area is 91.7 Å². The molecule has 0 saturated heterocycles. The van der Waals surface area contributed by atoms with Crippen LogP contribution in [0.5, 0.6) is 0 Å². The van der Waals surface area contributed by atoms with E-state index in [2.05, 4.69) is 47.1 Å². The fourth-order valence-electron chi connectivity index (χ4n) is 1.16. The largest absolute Gasteiger partial charge is 0.139 e. The third kappa shape index (κ3) is 2.32. The van der Waals surface area contributed by atoms with Crippen molar-refractivity contribution in [3.05, 3.63) is 33.6 Å². The molecule has 0 radical (unpaired) electrons. The van der Waals surface area contributed by atoms with Crippen molar-refractivity contribution in [2.24, 2.45) is 0 Å².